The molecule has 0 aliphatic rings. The lowest BCUT2D eigenvalue weighted by atomic mass is 10.1. The number of anilines is 1. The van der Waals surface area contributed by atoms with E-state index in [9.17, 15) is 13.2 Å². The molecule has 0 spiro atoms. The number of esters is 1. The van der Waals surface area contributed by atoms with E-state index in [0.29, 0.717) is 40.6 Å². The normalized spacial score (nSPS) is 11.4. The van der Waals surface area contributed by atoms with E-state index < -0.39 is 22.5 Å². The fourth-order valence-corrected chi connectivity index (χ4v) is 6.48. The summed E-state index contributed by atoms with van der Waals surface area (Å²) >= 11 is 0. The largest absolute Gasteiger partial charge is 0.465 e. The Hall–Kier alpha value is -4.75. The number of nitriles is 1. The molecule has 41 heavy (non-hydrogen) atoms. The number of ether oxygens (including phenoxy) is 1. The number of pyridine rings is 1. The van der Waals surface area contributed by atoms with Crippen molar-refractivity contribution in [3.8, 4) is 6.07 Å². The molecule has 0 unspecified atom stereocenters. The highest BCUT2D eigenvalue weighted by Gasteiger charge is 2.30. The maximum absolute atomic E-state index is 14.1. The van der Waals surface area contributed by atoms with Crippen LogP contribution in [0.5, 0.6) is 0 Å². The second-order valence-electron chi connectivity index (χ2n) is 9.40. The Bertz CT molecular complexity index is 1870. The van der Waals surface area contributed by atoms with E-state index in [1.54, 1.807) is 61.7 Å². The van der Waals surface area contributed by atoms with Crippen LogP contribution in [0, 0.1) is 11.3 Å². The Balaban J connectivity index is 1.54. The predicted octanol–water partition coefficient (Wildman–Crippen LogP) is 5.02. The monoisotopic (exact) mass is 567 g/mol. The van der Waals surface area contributed by atoms with Crippen LogP contribution in [0.1, 0.15) is 30.8 Å². The minimum Gasteiger partial charge on any atom is -0.465 e. The van der Waals surface area contributed by atoms with Gasteiger partial charge in [0, 0.05) is 24.5 Å². The minimum absolute atomic E-state index is 0.00203. The highest BCUT2D eigenvalue weighted by molar-refractivity contribution is 7.93. The molecule has 0 saturated carbocycles. The van der Waals surface area contributed by atoms with Gasteiger partial charge in [-0.05, 0) is 68.3 Å². The first-order valence-electron chi connectivity index (χ1n) is 13.4. The molecule has 2 heterocycles. The second kappa shape index (κ2) is 11.8. The second-order valence-corrected chi connectivity index (χ2v) is 11.2. The number of aromatic nitrogens is 3. The van der Waals surface area contributed by atoms with Gasteiger partial charge >= 0.3 is 5.97 Å². The third kappa shape index (κ3) is 5.62. The molecule has 5 aromatic rings. The van der Waals surface area contributed by atoms with Crippen molar-refractivity contribution in [3.05, 3.63) is 95.9 Å². The first kappa shape index (κ1) is 27.8. The number of benzene rings is 3. The van der Waals surface area contributed by atoms with E-state index in [1.165, 1.54) is 6.07 Å². The summed E-state index contributed by atoms with van der Waals surface area (Å²) in [5.74, 6) is 0.202. The summed E-state index contributed by atoms with van der Waals surface area (Å²) < 4.78 is 36.5. The summed E-state index contributed by atoms with van der Waals surface area (Å²) in [6, 6.07) is 23.3. The van der Waals surface area contributed by atoms with Crippen molar-refractivity contribution >= 4 is 43.6 Å². The average Bonchev–Trinajstić information content (AvgIpc) is 3.35. The van der Waals surface area contributed by atoms with E-state index in [-0.39, 0.29) is 11.5 Å². The van der Waals surface area contributed by atoms with Crippen molar-refractivity contribution in [3.63, 3.8) is 0 Å². The van der Waals surface area contributed by atoms with Gasteiger partial charge in [0.2, 0.25) is 0 Å². The summed E-state index contributed by atoms with van der Waals surface area (Å²) in [7, 11) is -4.21. The van der Waals surface area contributed by atoms with Gasteiger partial charge in [0.15, 0.2) is 0 Å². The number of sulfonamides is 1. The van der Waals surface area contributed by atoms with Gasteiger partial charge in [0.1, 0.15) is 17.3 Å². The molecule has 5 rings (SSSR count). The lowest BCUT2D eigenvalue weighted by molar-refractivity contribution is -0.141. The van der Waals surface area contributed by atoms with Crippen LogP contribution >= 0.6 is 0 Å². The van der Waals surface area contributed by atoms with Gasteiger partial charge in [0.25, 0.3) is 10.0 Å². The molecule has 0 saturated heterocycles. The van der Waals surface area contributed by atoms with Crippen molar-refractivity contribution < 1.29 is 17.9 Å². The maximum atomic E-state index is 14.1. The van der Waals surface area contributed by atoms with Crippen molar-refractivity contribution in [1.82, 2.24) is 14.5 Å². The third-order valence-electron chi connectivity index (χ3n) is 6.88. The number of nitrogens with zero attached hydrogens (tertiary/aromatic N) is 5. The minimum atomic E-state index is -4.21. The molecular formula is C31H29N5O4S. The van der Waals surface area contributed by atoms with E-state index in [1.807, 2.05) is 25.1 Å². The van der Waals surface area contributed by atoms with Gasteiger partial charge in [-0.15, -0.1) is 0 Å². The molecular weight excluding hydrogens is 538 g/mol. The average molecular weight is 568 g/mol. The summed E-state index contributed by atoms with van der Waals surface area (Å²) in [6.45, 7) is 4.03. The Labute approximate surface area is 238 Å². The molecule has 0 fully saturated rings. The van der Waals surface area contributed by atoms with E-state index in [4.69, 9.17) is 15.0 Å². The van der Waals surface area contributed by atoms with Crippen molar-refractivity contribution in [2.75, 3.05) is 17.5 Å². The van der Waals surface area contributed by atoms with Crippen molar-refractivity contribution in [1.29, 1.82) is 5.26 Å². The molecule has 10 heteroatoms. The van der Waals surface area contributed by atoms with Crippen LogP contribution in [-0.4, -0.2) is 42.1 Å². The van der Waals surface area contributed by atoms with Gasteiger partial charge in [-0.2, -0.15) is 5.26 Å². The van der Waals surface area contributed by atoms with Crippen molar-refractivity contribution in [2.24, 2.45) is 0 Å². The Morgan fingerprint density at radius 2 is 1.80 bits per heavy atom. The smallest absolute Gasteiger partial charge is 0.326 e. The van der Waals surface area contributed by atoms with Crippen LogP contribution in [0.25, 0.3) is 21.9 Å². The number of para-hydroxylation sites is 1. The van der Waals surface area contributed by atoms with Crippen LogP contribution in [0.4, 0.5) is 5.69 Å². The standard InChI is InChI=1S/C31H29N5O4S/c1-3-35-27-16-15-25(19-26(27)34-29(35)17-14-22-10-12-23(20-32)13-11-22)36(21-30(37)40-4-2)41(38,39)28-9-5-7-24-8-6-18-33-31(24)28/h5-13,15-16,18-19H,3-4,14,17,21H2,1-2H3. The van der Waals surface area contributed by atoms with Crippen LogP contribution in [-0.2, 0) is 38.9 Å². The molecule has 0 aliphatic heterocycles. The number of fused-ring (bicyclic) bond motifs is 2. The molecule has 2 aromatic heterocycles. The van der Waals surface area contributed by atoms with Gasteiger partial charge < -0.3 is 9.30 Å². The third-order valence-corrected chi connectivity index (χ3v) is 8.68. The number of carbonyl (C=O) groups is 1. The Kier molecular flexibility index (Phi) is 7.99. The highest BCUT2D eigenvalue weighted by Crippen LogP contribution is 2.31. The summed E-state index contributed by atoms with van der Waals surface area (Å²) in [5.41, 5.74) is 3.83. The van der Waals surface area contributed by atoms with Crippen LogP contribution < -0.4 is 4.31 Å². The Morgan fingerprint density at radius 1 is 1.02 bits per heavy atom. The molecule has 0 radical (unpaired) electrons. The topological polar surface area (TPSA) is 118 Å². The zero-order chi connectivity index (χ0) is 29.0. The highest BCUT2D eigenvalue weighted by atomic mass is 32.2. The number of hydrogen-bond donors (Lipinski definition) is 0. The molecule has 208 valence electrons. The van der Waals surface area contributed by atoms with E-state index in [2.05, 4.69) is 15.6 Å². The van der Waals surface area contributed by atoms with Crippen LogP contribution in [0.15, 0.2) is 83.9 Å². The molecule has 0 aliphatic carbocycles. The molecule has 0 atom stereocenters. The van der Waals surface area contributed by atoms with Gasteiger partial charge in [-0.3, -0.25) is 14.1 Å². The zero-order valence-corrected chi connectivity index (χ0v) is 23.6. The Morgan fingerprint density at radius 3 is 2.54 bits per heavy atom. The first-order valence-corrected chi connectivity index (χ1v) is 14.8. The van der Waals surface area contributed by atoms with Crippen LogP contribution in [0.2, 0.25) is 0 Å². The maximum Gasteiger partial charge on any atom is 0.326 e. The molecule has 3 aromatic carbocycles. The fraction of sp³-hybridized carbons (Fsp3) is 0.226. The fourth-order valence-electron chi connectivity index (χ4n) is 4.91. The SMILES string of the molecule is CCOC(=O)CN(c1ccc2c(c1)nc(CCc1ccc(C#N)cc1)n2CC)S(=O)(=O)c1cccc2cccnc12. The van der Waals surface area contributed by atoms with Gasteiger partial charge in [0.05, 0.1) is 40.5 Å². The summed E-state index contributed by atoms with van der Waals surface area (Å²) in [4.78, 5) is 21.8. The first-order chi connectivity index (χ1) is 19.8. The molecule has 0 bridgehead atoms. The molecule has 0 N–H and O–H groups in total. The predicted molar refractivity (Wildman–Crippen MR) is 157 cm³/mol. The van der Waals surface area contributed by atoms with E-state index >= 15 is 0 Å². The number of hydrogen-bond acceptors (Lipinski definition) is 7. The lowest BCUT2D eigenvalue weighted by Crippen LogP contribution is -2.36. The zero-order valence-electron chi connectivity index (χ0n) is 22.8. The number of carbonyl (C=O) groups excluding carboxylic acids is 1. The summed E-state index contributed by atoms with van der Waals surface area (Å²) in [5, 5.41) is 9.72. The molecule has 9 nitrogen and oxygen atoms in total. The van der Waals surface area contributed by atoms with Crippen LogP contribution in [0.3, 0.4) is 0 Å². The lowest BCUT2D eigenvalue weighted by Gasteiger charge is -2.24. The van der Waals surface area contributed by atoms with Gasteiger partial charge in [-0.1, -0.05) is 30.3 Å². The quantitative estimate of drug-likeness (QED) is 0.218. The number of imidazole rings is 1. The van der Waals surface area contributed by atoms with Crippen molar-refractivity contribution in [2.45, 2.75) is 38.1 Å². The molecule has 0 amide bonds. The van der Waals surface area contributed by atoms with Gasteiger partial charge in [-0.25, -0.2) is 13.4 Å². The van der Waals surface area contributed by atoms with E-state index in [0.717, 1.165) is 27.6 Å². The number of rotatable bonds is 10. The summed E-state index contributed by atoms with van der Waals surface area (Å²) in [6.07, 6.45) is 2.94. The number of aryl methyl sites for hydroxylation is 3.